The number of anilines is 2. The van der Waals surface area contributed by atoms with Gasteiger partial charge in [-0.1, -0.05) is 0 Å². The van der Waals surface area contributed by atoms with Crippen molar-refractivity contribution in [3.63, 3.8) is 0 Å². The van der Waals surface area contributed by atoms with E-state index in [9.17, 15) is 9.59 Å². The molecule has 4 N–H and O–H groups in total. The molecule has 0 unspecified atom stereocenters. The highest BCUT2D eigenvalue weighted by molar-refractivity contribution is 9.10. The Bertz CT molecular complexity index is 667. The summed E-state index contributed by atoms with van der Waals surface area (Å²) in [6.45, 7) is 3.27. The standard InChI is InChI=1S/C9H10N2O2S.C5H6BrN3/c1-7(13)11-14-9-4-2-8(3-5-9)10-6-12;1-3-5(7)8-2-4(6)9-3/h2-6H,1H3,(H,10,12)(H,11,13);2H,1H3,(H2,7,8). The second-order valence-corrected chi connectivity index (χ2v) is 5.90. The number of carbonyl (C=O) groups is 2. The second-order valence-electron chi connectivity index (χ2n) is 4.21. The fraction of sp³-hybridized carbons (Fsp3) is 0.143. The molecular formula is C14H16BrN5O2S. The summed E-state index contributed by atoms with van der Waals surface area (Å²) in [4.78, 5) is 29.5. The molecule has 1 heterocycles. The normalized spacial score (nSPS) is 9.35. The van der Waals surface area contributed by atoms with Gasteiger partial charge < -0.3 is 11.1 Å². The molecule has 0 fully saturated rings. The van der Waals surface area contributed by atoms with E-state index >= 15 is 0 Å². The lowest BCUT2D eigenvalue weighted by Crippen LogP contribution is -2.09. The maximum Gasteiger partial charge on any atom is 0.226 e. The Morgan fingerprint density at radius 2 is 2.00 bits per heavy atom. The molecule has 2 aromatic rings. The minimum absolute atomic E-state index is 0.0925. The van der Waals surface area contributed by atoms with Crippen LogP contribution in [-0.4, -0.2) is 22.3 Å². The molecule has 9 heteroatoms. The lowest BCUT2D eigenvalue weighted by molar-refractivity contribution is -0.117. The summed E-state index contributed by atoms with van der Waals surface area (Å²) in [7, 11) is 0. The Hall–Kier alpha value is -2.13. The Morgan fingerprint density at radius 3 is 2.48 bits per heavy atom. The number of nitrogens with one attached hydrogen (secondary N) is 2. The molecule has 1 aromatic heterocycles. The van der Waals surface area contributed by atoms with Gasteiger partial charge in [0, 0.05) is 17.5 Å². The average Bonchev–Trinajstić information content (AvgIpc) is 2.51. The number of halogens is 1. The molecule has 0 bridgehead atoms. The summed E-state index contributed by atoms with van der Waals surface area (Å²) in [6, 6.07) is 7.15. The number of nitrogens with two attached hydrogens (primary N) is 1. The number of aromatic nitrogens is 2. The lowest BCUT2D eigenvalue weighted by Gasteiger charge is -2.02. The molecule has 0 atom stereocenters. The first-order chi connectivity index (χ1) is 10.9. The minimum atomic E-state index is -0.0925. The van der Waals surface area contributed by atoms with Crippen LogP contribution in [0.25, 0.3) is 0 Å². The molecule has 0 aliphatic carbocycles. The van der Waals surface area contributed by atoms with Gasteiger partial charge in [0.05, 0.1) is 11.9 Å². The van der Waals surface area contributed by atoms with Crippen molar-refractivity contribution in [2.24, 2.45) is 0 Å². The molecule has 0 radical (unpaired) electrons. The third kappa shape index (κ3) is 7.61. The molecular weight excluding hydrogens is 382 g/mol. The molecule has 2 rings (SSSR count). The molecule has 0 spiro atoms. The van der Waals surface area contributed by atoms with Crippen molar-refractivity contribution >= 4 is 51.7 Å². The van der Waals surface area contributed by atoms with Crippen LogP contribution in [0.5, 0.6) is 0 Å². The van der Waals surface area contributed by atoms with Gasteiger partial charge in [0.15, 0.2) is 0 Å². The van der Waals surface area contributed by atoms with E-state index in [4.69, 9.17) is 5.73 Å². The van der Waals surface area contributed by atoms with E-state index < -0.39 is 0 Å². The molecule has 23 heavy (non-hydrogen) atoms. The van der Waals surface area contributed by atoms with Crippen molar-refractivity contribution < 1.29 is 9.59 Å². The van der Waals surface area contributed by atoms with Gasteiger partial charge in [0.2, 0.25) is 12.3 Å². The molecule has 0 aliphatic heterocycles. The third-order valence-electron chi connectivity index (χ3n) is 2.35. The van der Waals surface area contributed by atoms with E-state index in [1.165, 1.54) is 18.9 Å². The fourth-order valence-corrected chi connectivity index (χ4v) is 2.18. The van der Waals surface area contributed by atoms with Crippen molar-refractivity contribution in [2.75, 3.05) is 11.1 Å². The zero-order chi connectivity index (χ0) is 17.2. The first kappa shape index (κ1) is 18.9. The van der Waals surface area contributed by atoms with Crippen LogP contribution in [0, 0.1) is 6.92 Å². The maximum atomic E-state index is 10.6. The van der Waals surface area contributed by atoms with Crippen molar-refractivity contribution in [3.05, 3.63) is 40.8 Å². The maximum absolute atomic E-state index is 10.6. The number of amides is 2. The highest BCUT2D eigenvalue weighted by Crippen LogP contribution is 2.17. The summed E-state index contributed by atoms with van der Waals surface area (Å²) in [5.41, 5.74) is 6.88. The van der Waals surface area contributed by atoms with Gasteiger partial charge in [0.25, 0.3) is 0 Å². The Labute approximate surface area is 146 Å². The van der Waals surface area contributed by atoms with Gasteiger partial charge in [-0.3, -0.25) is 14.3 Å². The van der Waals surface area contributed by atoms with Gasteiger partial charge in [-0.15, -0.1) is 0 Å². The molecule has 0 aliphatic rings. The number of carbonyl (C=O) groups excluding carboxylic acids is 2. The molecule has 0 saturated heterocycles. The van der Waals surface area contributed by atoms with E-state index in [0.29, 0.717) is 16.8 Å². The Balaban J connectivity index is 0.000000253. The smallest absolute Gasteiger partial charge is 0.226 e. The predicted molar refractivity (Wildman–Crippen MR) is 94.7 cm³/mol. The second kappa shape index (κ2) is 9.80. The van der Waals surface area contributed by atoms with E-state index in [-0.39, 0.29) is 5.91 Å². The Morgan fingerprint density at radius 1 is 1.35 bits per heavy atom. The number of aryl methyl sites for hydroxylation is 1. The van der Waals surface area contributed by atoms with Gasteiger partial charge in [-0.05, 0) is 59.1 Å². The van der Waals surface area contributed by atoms with Crippen molar-refractivity contribution in [1.82, 2.24) is 14.7 Å². The highest BCUT2D eigenvalue weighted by atomic mass is 79.9. The van der Waals surface area contributed by atoms with Crippen LogP contribution in [0.4, 0.5) is 11.5 Å². The molecule has 122 valence electrons. The van der Waals surface area contributed by atoms with Crippen LogP contribution in [0.3, 0.4) is 0 Å². The quantitative estimate of drug-likeness (QED) is 0.539. The summed E-state index contributed by atoms with van der Waals surface area (Å²) in [5.74, 6) is 0.392. The average molecular weight is 398 g/mol. The van der Waals surface area contributed by atoms with E-state index in [1.54, 1.807) is 18.3 Å². The lowest BCUT2D eigenvalue weighted by atomic mass is 10.3. The number of nitrogen functional groups attached to an aromatic ring is 1. The third-order valence-corrected chi connectivity index (χ3v) is 3.63. The van der Waals surface area contributed by atoms with Crippen molar-refractivity contribution in [2.45, 2.75) is 18.7 Å². The first-order valence-electron chi connectivity index (χ1n) is 6.40. The van der Waals surface area contributed by atoms with Crippen molar-refractivity contribution in [1.29, 1.82) is 0 Å². The predicted octanol–water partition coefficient (Wildman–Crippen LogP) is 2.53. The van der Waals surface area contributed by atoms with E-state index in [1.807, 2.05) is 19.1 Å². The topological polar surface area (TPSA) is 110 Å². The molecule has 0 saturated carbocycles. The summed E-state index contributed by atoms with van der Waals surface area (Å²) in [5, 5.41) is 2.52. The largest absolute Gasteiger partial charge is 0.382 e. The summed E-state index contributed by atoms with van der Waals surface area (Å²) in [6.07, 6.45) is 2.19. The van der Waals surface area contributed by atoms with Gasteiger partial charge in [0.1, 0.15) is 10.4 Å². The molecule has 7 nitrogen and oxygen atoms in total. The summed E-state index contributed by atoms with van der Waals surface area (Å²) >= 11 is 4.41. The monoisotopic (exact) mass is 397 g/mol. The number of rotatable bonds is 4. The number of hydrogen-bond acceptors (Lipinski definition) is 6. The van der Waals surface area contributed by atoms with E-state index in [2.05, 4.69) is 35.9 Å². The SMILES string of the molecule is CC(=O)NSc1ccc(NC=O)cc1.Cc1nc(Br)cnc1N. The minimum Gasteiger partial charge on any atom is -0.382 e. The van der Waals surface area contributed by atoms with Crippen LogP contribution in [-0.2, 0) is 9.59 Å². The van der Waals surface area contributed by atoms with E-state index in [0.717, 1.165) is 16.3 Å². The van der Waals surface area contributed by atoms with Gasteiger partial charge >= 0.3 is 0 Å². The summed E-state index contributed by atoms with van der Waals surface area (Å²) < 4.78 is 3.32. The van der Waals surface area contributed by atoms with Gasteiger partial charge in [-0.2, -0.15) is 0 Å². The molecule has 2 amide bonds. The van der Waals surface area contributed by atoms with Crippen molar-refractivity contribution in [3.8, 4) is 0 Å². The Kier molecular flexibility index (Phi) is 8.06. The van der Waals surface area contributed by atoms with Gasteiger partial charge in [-0.25, -0.2) is 9.97 Å². The zero-order valence-corrected chi connectivity index (χ0v) is 14.9. The van der Waals surface area contributed by atoms with Crippen LogP contribution in [0.1, 0.15) is 12.6 Å². The van der Waals surface area contributed by atoms with Crippen LogP contribution >= 0.6 is 27.9 Å². The van der Waals surface area contributed by atoms with Crippen LogP contribution in [0.15, 0.2) is 40.0 Å². The first-order valence-corrected chi connectivity index (χ1v) is 8.01. The molecule has 1 aromatic carbocycles. The number of benzene rings is 1. The zero-order valence-electron chi connectivity index (χ0n) is 12.5. The van der Waals surface area contributed by atoms with Crippen LogP contribution in [0.2, 0.25) is 0 Å². The highest BCUT2D eigenvalue weighted by Gasteiger charge is 1.96. The fourth-order valence-electron chi connectivity index (χ4n) is 1.28. The number of nitrogens with zero attached hydrogens (tertiary/aromatic N) is 2. The number of hydrogen-bond donors (Lipinski definition) is 3. The van der Waals surface area contributed by atoms with Crippen LogP contribution < -0.4 is 15.8 Å².